The number of nitrogens with two attached hydrogens (primary N) is 1. The monoisotopic (exact) mass is 362 g/mol. The van der Waals surface area contributed by atoms with Crippen LogP contribution in [-0.4, -0.2) is 17.6 Å². The summed E-state index contributed by atoms with van der Waals surface area (Å²) in [4.78, 5) is 25.1. The third kappa shape index (κ3) is 4.61. The van der Waals surface area contributed by atoms with E-state index in [-0.39, 0.29) is 17.6 Å². The quantitative estimate of drug-likeness (QED) is 0.468. The maximum absolute atomic E-state index is 12.6. The summed E-state index contributed by atoms with van der Waals surface area (Å²) in [6.45, 7) is 0.362. The van der Waals surface area contributed by atoms with Gasteiger partial charge in [0.1, 0.15) is 5.84 Å². The van der Waals surface area contributed by atoms with Gasteiger partial charge in [-0.25, -0.2) is 0 Å². The molecular formula is C21H22N4O2. The Kier molecular flexibility index (Phi) is 5.66. The number of nitrogens with one attached hydrogen (secondary N) is 3. The van der Waals surface area contributed by atoms with Crippen LogP contribution in [0.5, 0.6) is 0 Å². The molecule has 2 amide bonds. The van der Waals surface area contributed by atoms with Crippen molar-refractivity contribution in [1.29, 1.82) is 5.41 Å². The maximum atomic E-state index is 12.6. The van der Waals surface area contributed by atoms with E-state index in [1.807, 2.05) is 48.5 Å². The van der Waals surface area contributed by atoms with E-state index in [2.05, 4.69) is 10.6 Å². The number of para-hydroxylation sites is 1. The van der Waals surface area contributed by atoms with Gasteiger partial charge in [-0.1, -0.05) is 48.5 Å². The first kappa shape index (κ1) is 18.4. The normalized spacial score (nSPS) is 15.7. The molecule has 0 radical (unpaired) electrons. The second kappa shape index (κ2) is 8.31. The van der Waals surface area contributed by atoms with E-state index >= 15 is 0 Å². The van der Waals surface area contributed by atoms with Crippen LogP contribution in [-0.2, 0) is 16.1 Å². The van der Waals surface area contributed by atoms with Crippen LogP contribution in [0.2, 0.25) is 0 Å². The summed E-state index contributed by atoms with van der Waals surface area (Å²) in [5.41, 5.74) is 8.21. The summed E-state index contributed by atoms with van der Waals surface area (Å²) in [5.74, 6) is -0.816. The van der Waals surface area contributed by atoms with Gasteiger partial charge in [-0.15, -0.1) is 0 Å². The number of benzene rings is 2. The zero-order valence-electron chi connectivity index (χ0n) is 14.9. The molecule has 0 aliphatic heterocycles. The molecule has 3 rings (SSSR count). The zero-order valence-corrected chi connectivity index (χ0v) is 14.9. The highest BCUT2D eigenvalue weighted by atomic mass is 16.2. The van der Waals surface area contributed by atoms with Crippen LogP contribution < -0.4 is 16.4 Å². The van der Waals surface area contributed by atoms with Crippen molar-refractivity contribution in [2.24, 2.45) is 11.7 Å². The highest BCUT2D eigenvalue weighted by molar-refractivity contribution is 6.08. The summed E-state index contributed by atoms with van der Waals surface area (Å²) in [6.07, 6.45) is 3.18. The number of allylic oxidation sites excluding steroid dienone is 1. The van der Waals surface area contributed by atoms with Gasteiger partial charge < -0.3 is 16.4 Å². The summed E-state index contributed by atoms with van der Waals surface area (Å²) in [5, 5.41) is 13.1. The Hall–Kier alpha value is -3.41. The van der Waals surface area contributed by atoms with Gasteiger partial charge in [-0.2, -0.15) is 0 Å². The minimum atomic E-state index is -0.440. The fourth-order valence-electron chi connectivity index (χ4n) is 3.07. The van der Waals surface area contributed by atoms with E-state index in [1.54, 1.807) is 12.1 Å². The van der Waals surface area contributed by atoms with Crippen LogP contribution in [0.15, 0.2) is 66.2 Å². The second-order valence-electron chi connectivity index (χ2n) is 6.44. The fraction of sp³-hybridized carbons (Fsp3) is 0.190. The lowest BCUT2D eigenvalue weighted by Gasteiger charge is -2.15. The Morgan fingerprint density at radius 3 is 2.44 bits per heavy atom. The molecule has 0 saturated heterocycles. The summed E-state index contributed by atoms with van der Waals surface area (Å²) in [7, 11) is 0. The van der Waals surface area contributed by atoms with Crippen molar-refractivity contribution in [3.05, 3.63) is 77.4 Å². The molecule has 6 nitrogen and oxygen atoms in total. The molecule has 0 aromatic heterocycles. The van der Waals surface area contributed by atoms with E-state index in [0.29, 0.717) is 36.2 Å². The molecule has 0 heterocycles. The lowest BCUT2D eigenvalue weighted by molar-refractivity contribution is -0.125. The maximum Gasteiger partial charge on any atom is 0.252 e. The summed E-state index contributed by atoms with van der Waals surface area (Å²) < 4.78 is 0. The van der Waals surface area contributed by atoms with Crippen molar-refractivity contribution in [2.75, 3.05) is 5.32 Å². The molecule has 0 spiro atoms. The largest absolute Gasteiger partial charge is 0.384 e. The number of amides is 2. The van der Waals surface area contributed by atoms with E-state index in [9.17, 15) is 9.59 Å². The van der Waals surface area contributed by atoms with Gasteiger partial charge in [0.25, 0.3) is 5.91 Å². The van der Waals surface area contributed by atoms with Gasteiger partial charge in [0.15, 0.2) is 0 Å². The standard InChI is InChI=1S/C21H22N4O2/c22-19(23)15-11-9-14(10-12-15)13-24-20(26)17-7-4-8-18(17)21(27)25-16-5-2-1-3-6-16/h1-3,5-6,8-12,17H,4,7,13H2,(H3,22,23)(H,24,26)(H,25,27)/t17-/m1/s1. The SMILES string of the molecule is N=C(N)c1ccc(CNC(=O)[C@@H]2CCC=C2C(=O)Nc2ccccc2)cc1. The van der Waals surface area contributed by atoms with Crippen LogP contribution in [0.3, 0.4) is 0 Å². The van der Waals surface area contributed by atoms with Gasteiger partial charge in [-0.3, -0.25) is 15.0 Å². The molecule has 0 fully saturated rings. The zero-order chi connectivity index (χ0) is 19.2. The van der Waals surface area contributed by atoms with E-state index in [4.69, 9.17) is 11.1 Å². The molecular weight excluding hydrogens is 340 g/mol. The van der Waals surface area contributed by atoms with Crippen LogP contribution in [0.4, 0.5) is 5.69 Å². The Balaban J connectivity index is 1.58. The molecule has 0 unspecified atom stereocenters. The van der Waals surface area contributed by atoms with Crippen LogP contribution in [0.25, 0.3) is 0 Å². The molecule has 1 atom stereocenters. The van der Waals surface area contributed by atoms with E-state index in [1.165, 1.54) is 0 Å². The van der Waals surface area contributed by atoms with Crippen molar-refractivity contribution in [1.82, 2.24) is 5.32 Å². The van der Waals surface area contributed by atoms with Gasteiger partial charge in [-0.05, 0) is 30.5 Å². The number of anilines is 1. The highest BCUT2D eigenvalue weighted by Gasteiger charge is 2.30. The molecule has 5 N–H and O–H groups in total. The molecule has 6 heteroatoms. The molecule has 27 heavy (non-hydrogen) atoms. The number of carbonyl (C=O) groups is 2. The molecule has 1 aliphatic rings. The lowest BCUT2D eigenvalue weighted by atomic mass is 9.99. The first-order valence-corrected chi connectivity index (χ1v) is 8.82. The first-order valence-electron chi connectivity index (χ1n) is 8.82. The Morgan fingerprint density at radius 2 is 1.78 bits per heavy atom. The average Bonchev–Trinajstić information content (AvgIpc) is 3.17. The fourth-order valence-corrected chi connectivity index (χ4v) is 3.07. The minimum Gasteiger partial charge on any atom is -0.384 e. The number of amidine groups is 1. The number of hydrogen-bond acceptors (Lipinski definition) is 3. The number of nitrogen functional groups attached to an aromatic ring is 1. The molecule has 2 aromatic carbocycles. The van der Waals surface area contributed by atoms with Gasteiger partial charge in [0.05, 0.1) is 5.92 Å². The lowest BCUT2D eigenvalue weighted by Crippen LogP contribution is -2.33. The smallest absolute Gasteiger partial charge is 0.252 e. The van der Waals surface area contributed by atoms with Gasteiger partial charge in [0, 0.05) is 23.4 Å². The molecule has 0 saturated carbocycles. The number of hydrogen-bond donors (Lipinski definition) is 4. The molecule has 2 aromatic rings. The predicted molar refractivity (Wildman–Crippen MR) is 105 cm³/mol. The number of carbonyl (C=O) groups excluding carboxylic acids is 2. The molecule has 1 aliphatic carbocycles. The first-order chi connectivity index (χ1) is 13.0. The molecule has 0 bridgehead atoms. The third-order valence-electron chi connectivity index (χ3n) is 4.54. The van der Waals surface area contributed by atoms with Crippen molar-refractivity contribution >= 4 is 23.3 Å². The summed E-state index contributed by atoms with van der Waals surface area (Å²) in [6, 6.07) is 16.3. The van der Waals surface area contributed by atoms with Crippen molar-refractivity contribution in [3.63, 3.8) is 0 Å². The van der Waals surface area contributed by atoms with E-state index < -0.39 is 5.92 Å². The Bertz CT molecular complexity index is 873. The van der Waals surface area contributed by atoms with Crippen molar-refractivity contribution in [3.8, 4) is 0 Å². The topological polar surface area (TPSA) is 108 Å². The predicted octanol–water partition coefficient (Wildman–Crippen LogP) is 2.56. The second-order valence-corrected chi connectivity index (χ2v) is 6.44. The van der Waals surface area contributed by atoms with Gasteiger partial charge >= 0.3 is 0 Å². The Morgan fingerprint density at radius 1 is 1.07 bits per heavy atom. The molecule has 138 valence electrons. The van der Waals surface area contributed by atoms with Gasteiger partial charge in [0.2, 0.25) is 5.91 Å². The van der Waals surface area contributed by atoms with Crippen LogP contribution in [0, 0.1) is 11.3 Å². The number of rotatable bonds is 6. The minimum absolute atomic E-state index is 0.00995. The van der Waals surface area contributed by atoms with Crippen LogP contribution >= 0.6 is 0 Å². The third-order valence-corrected chi connectivity index (χ3v) is 4.54. The average molecular weight is 362 g/mol. The highest BCUT2D eigenvalue weighted by Crippen LogP contribution is 2.27. The summed E-state index contributed by atoms with van der Waals surface area (Å²) >= 11 is 0. The van der Waals surface area contributed by atoms with Crippen molar-refractivity contribution < 1.29 is 9.59 Å². The van der Waals surface area contributed by atoms with Crippen LogP contribution in [0.1, 0.15) is 24.0 Å². The van der Waals surface area contributed by atoms with Crippen molar-refractivity contribution in [2.45, 2.75) is 19.4 Å². The Labute approximate surface area is 158 Å². The van der Waals surface area contributed by atoms with E-state index in [0.717, 1.165) is 5.56 Å².